The summed E-state index contributed by atoms with van der Waals surface area (Å²) in [4.78, 5) is 12.8. The fourth-order valence-electron chi connectivity index (χ4n) is 3.32. The Morgan fingerprint density at radius 3 is 2.62 bits per heavy atom. The van der Waals surface area contributed by atoms with Gasteiger partial charge in [-0.05, 0) is 47.9 Å². The first-order valence-electron chi connectivity index (χ1n) is 10.3. The van der Waals surface area contributed by atoms with E-state index in [4.69, 9.17) is 9.47 Å². The van der Waals surface area contributed by atoms with Crippen LogP contribution in [-0.2, 0) is 9.53 Å². The number of nitrogens with one attached hydrogen (secondary N) is 1. The van der Waals surface area contributed by atoms with Crippen LogP contribution in [0.2, 0.25) is 0 Å². The van der Waals surface area contributed by atoms with Crippen molar-refractivity contribution in [2.45, 2.75) is 58.9 Å². The molecule has 0 radical (unpaired) electrons. The number of esters is 1. The van der Waals surface area contributed by atoms with Crippen molar-refractivity contribution >= 4 is 11.9 Å². The van der Waals surface area contributed by atoms with E-state index in [1.54, 1.807) is 4.68 Å². The van der Waals surface area contributed by atoms with Gasteiger partial charge in [0.15, 0.2) is 0 Å². The maximum Gasteiger partial charge on any atom is 0.338 e. The zero-order chi connectivity index (χ0) is 20.6. The standard InChI is InChI=1S/C21H29N5O3/c1-4-6-7-8-14-28-17-11-9-16(10-12-17)19-18(20(27)29-13-5-2)15(3)22-21-23-24-25-26(19)21/h9-12,19H,4-8,13-14H2,1-3H3,(H,22,23,25). The Bertz CT molecular complexity index is 844. The van der Waals surface area contributed by atoms with Crippen LogP contribution < -0.4 is 10.1 Å². The molecule has 0 spiro atoms. The summed E-state index contributed by atoms with van der Waals surface area (Å²) >= 11 is 0. The number of hydrogen-bond donors (Lipinski definition) is 1. The summed E-state index contributed by atoms with van der Waals surface area (Å²) in [5, 5.41) is 14.9. The molecule has 1 aromatic heterocycles. The first kappa shape index (κ1) is 20.8. The highest BCUT2D eigenvalue weighted by atomic mass is 16.5. The molecular formula is C21H29N5O3. The SMILES string of the molecule is CCCCCCOc1ccc(C2C(C(=O)OCCC)=C(C)Nc3nnnn32)cc1. The number of allylic oxidation sites excluding steroid dienone is 1. The molecule has 1 unspecified atom stereocenters. The quantitative estimate of drug-likeness (QED) is 0.479. The first-order chi connectivity index (χ1) is 14.2. The van der Waals surface area contributed by atoms with Gasteiger partial charge < -0.3 is 14.8 Å². The number of carbonyl (C=O) groups is 1. The second-order valence-corrected chi connectivity index (χ2v) is 7.13. The minimum atomic E-state index is -0.454. The van der Waals surface area contributed by atoms with Gasteiger partial charge in [0.05, 0.1) is 18.8 Å². The van der Waals surface area contributed by atoms with Gasteiger partial charge in [-0.25, -0.2) is 4.79 Å². The van der Waals surface area contributed by atoms with Gasteiger partial charge in [0.2, 0.25) is 5.95 Å². The molecule has 8 nitrogen and oxygen atoms in total. The van der Waals surface area contributed by atoms with Crippen LogP contribution >= 0.6 is 0 Å². The third-order valence-corrected chi connectivity index (χ3v) is 4.83. The molecule has 1 aromatic carbocycles. The van der Waals surface area contributed by atoms with E-state index in [1.165, 1.54) is 19.3 Å². The minimum absolute atomic E-state index is 0.362. The molecule has 0 saturated heterocycles. The zero-order valence-corrected chi connectivity index (χ0v) is 17.4. The third kappa shape index (κ3) is 4.93. The van der Waals surface area contributed by atoms with E-state index in [0.29, 0.717) is 30.4 Å². The summed E-state index contributed by atoms with van der Waals surface area (Å²) < 4.78 is 12.9. The highest BCUT2D eigenvalue weighted by Crippen LogP contribution is 2.35. The van der Waals surface area contributed by atoms with Crippen molar-refractivity contribution in [2.24, 2.45) is 0 Å². The molecule has 1 aliphatic rings. The number of benzene rings is 1. The number of rotatable bonds is 10. The summed E-state index contributed by atoms with van der Waals surface area (Å²) in [5.74, 6) is 0.946. The van der Waals surface area contributed by atoms with Crippen molar-refractivity contribution in [2.75, 3.05) is 18.5 Å². The highest BCUT2D eigenvalue weighted by Gasteiger charge is 2.34. The second-order valence-electron chi connectivity index (χ2n) is 7.13. The predicted octanol–water partition coefficient (Wildman–Crippen LogP) is 3.87. The molecule has 0 bridgehead atoms. The van der Waals surface area contributed by atoms with Gasteiger partial charge in [-0.3, -0.25) is 0 Å². The van der Waals surface area contributed by atoms with E-state index in [1.807, 2.05) is 38.1 Å². The summed E-state index contributed by atoms with van der Waals surface area (Å²) in [6, 6.07) is 7.29. The Labute approximate surface area is 171 Å². The average Bonchev–Trinajstić information content (AvgIpc) is 3.19. The number of unbranched alkanes of at least 4 members (excludes halogenated alkanes) is 3. The Morgan fingerprint density at radius 2 is 1.90 bits per heavy atom. The molecule has 156 valence electrons. The van der Waals surface area contributed by atoms with Gasteiger partial charge in [0, 0.05) is 5.70 Å². The van der Waals surface area contributed by atoms with Crippen molar-refractivity contribution in [3.8, 4) is 5.75 Å². The zero-order valence-electron chi connectivity index (χ0n) is 17.4. The smallest absolute Gasteiger partial charge is 0.338 e. The van der Waals surface area contributed by atoms with Crippen LogP contribution in [0.15, 0.2) is 35.5 Å². The Morgan fingerprint density at radius 1 is 1.10 bits per heavy atom. The van der Waals surface area contributed by atoms with Crippen molar-refractivity contribution < 1.29 is 14.3 Å². The van der Waals surface area contributed by atoms with Crippen LogP contribution in [0.25, 0.3) is 0 Å². The van der Waals surface area contributed by atoms with Gasteiger partial charge in [0.1, 0.15) is 11.8 Å². The van der Waals surface area contributed by atoms with Gasteiger partial charge in [0.25, 0.3) is 0 Å². The number of fused-ring (bicyclic) bond motifs is 1. The molecule has 0 saturated carbocycles. The molecule has 2 aromatic rings. The maximum absolute atomic E-state index is 12.8. The van der Waals surface area contributed by atoms with Crippen LogP contribution in [0.4, 0.5) is 5.95 Å². The Kier molecular flexibility index (Phi) is 7.21. The van der Waals surface area contributed by atoms with Crippen LogP contribution in [0.3, 0.4) is 0 Å². The molecule has 1 aliphatic heterocycles. The molecule has 2 heterocycles. The van der Waals surface area contributed by atoms with E-state index >= 15 is 0 Å². The highest BCUT2D eigenvalue weighted by molar-refractivity contribution is 5.92. The van der Waals surface area contributed by atoms with Crippen LogP contribution in [0.5, 0.6) is 5.75 Å². The van der Waals surface area contributed by atoms with Crippen LogP contribution in [0.1, 0.15) is 64.5 Å². The van der Waals surface area contributed by atoms with Crippen LogP contribution in [0, 0.1) is 0 Å². The topological polar surface area (TPSA) is 91.2 Å². The number of aromatic nitrogens is 4. The second kappa shape index (κ2) is 10.0. The fourth-order valence-corrected chi connectivity index (χ4v) is 3.32. The van der Waals surface area contributed by atoms with E-state index in [0.717, 1.165) is 24.2 Å². The summed E-state index contributed by atoms with van der Waals surface area (Å²) in [6.07, 6.45) is 5.43. The fraction of sp³-hybridized carbons (Fsp3) is 0.524. The number of hydrogen-bond acceptors (Lipinski definition) is 7. The number of anilines is 1. The monoisotopic (exact) mass is 399 g/mol. The van der Waals surface area contributed by atoms with Crippen molar-refractivity contribution in [3.05, 3.63) is 41.1 Å². The summed E-state index contributed by atoms with van der Waals surface area (Å²) in [7, 11) is 0. The van der Waals surface area contributed by atoms with E-state index < -0.39 is 6.04 Å². The molecule has 0 fully saturated rings. The van der Waals surface area contributed by atoms with Gasteiger partial charge >= 0.3 is 5.97 Å². The van der Waals surface area contributed by atoms with Crippen LogP contribution in [-0.4, -0.2) is 39.4 Å². The Hall–Kier alpha value is -2.90. The van der Waals surface area contributed by atoms with Crippen molar-refractivity contribution in [3.63, 3.8) is 0 Å². The van der Waals surface area contributed by atoms with Gasteiger partial charge in [-0.1, -0.05) is 50.3 Å². The number of tetrazole rings is 1. The average molecular weight is 399 g/mol. The lowest BCUT2D eigenvalue weighted by molar-refractivity contribution is -0.139. The van der Waals surface area contributed by atoms with E-state index in [-0.39, 0.29) is 5.97 Å². The molecule has 1 atom stereocenters. The molecular weight excluding hydrogens is 370 g/mol. The molecule has 1 N–H and O–H groups in total. The lowest BCUT2D eigenvalue weighted by Gasteiger charge is -2.27. The third-order valence-electron chi connectivity index (χ3n) is 4.83. The van der Waals surface area contributed by atoms with Gasteiger partial charge in [-0.2, -0.15) is 4.68 Å². The van der Waals surface area contributed by atoms with E-state index in [2.05, 4.69) is 27.8 Å². The maximum atomic E-state index is 12.8. The molecule has 29 heavy (non-hydrogen) atoms. The number of ether oxygens (including phenoxy) is 2. The summed E-state index contributed by atoms with van der Waals surface area (Å²) in [6.45, 7) is 7.07. The number of nitrogens with zero attached hydrogens (tertiary/aromatic N) is 4. The van der Waals surface area contributed by atoms with Crippen molar-refractivity contribution in [1.29, 1.82) is 0 Å². The van der Waals surface area contributed by atoms with Crippen molar-refractivity contribution in [1.82, 2.24) is 20.2 Å². The molecule has 8 heteroatoms. The summed E-state index contributed by atoms with van der Waals surface area (Å²) in [5.41, 5.74) is 2.09. The molecule has 0 amide bonds. The normalized spacial score (nSPS) is 15.6. The molecule has 3 rings (SSSR count). The predicted molar refractivity (Wildman–Crippen MR) is 110 cm³/mol. The lowest BCUT2D eigenvalue weighted by atomic mass is 9.96. The lowest BCUT2D eigenvalue weighted by Crippen LogP contribution is -2.29. The number of carbonyl (C=O) groups excluding carboxylic acids is 1. The first-order valence-corrected chi connectivity index (χ1v) is 10.3. The van der Waals surface area contributed by atoms with Gasteiger partial charge in [-0.15, -0.1) is 0 Å². The Balaban J connectivity index is 1.80. The minimum Gasteiger partial charge on any atom is -0.494 e. The molecule has 0 aliphatic carbocycles. The largest absolute Gasteiger partial charge is 0.494 e. The van der Waals surface area contributed by atoms with E-state index in [9.17, 15) is 4.79 Å².